The molecule has 1 rings (SSSR count). The number of nitrogens with one attached hydrogen (secondary N) is 1. The van der Waals surface area contributed by atoms with E-state index >= 15 is 0 Å². The van der Waals surface area contributed by atoms with Gasteiger partial charge in [-0.25, -0.2) is 0 Å². The number of aromatic nitrogens is 1. The van der Waals surface area contributed by atoms with Gasteiger partial charge in [0.25, 0.3) is 0 Å². The van der Waals surface area contributed by atoms with E-state index in [1.165, 1.54) is 24.1 Å². The largest absolute Gasteiger partial charge is 0.340 e. The Morgan fingerprint density at radius 3 is 2.38 bits per heavy atom. The van der Waals surface area contributed by atoms with Crippen molar-refractivity contribution < 1.29 is 0 Å². The lowest BCUT2D eigenvalue weighted by atomic mass is 9.93. The molecule has 0 aliphatic carbocycles. The molecule has 0 spiro atoms. The highest BCUT2D eigenvalue weighted by Crippen LogP contribution is 2.17. The van der Waals surface area contributed by atoms with Crippen LogP contribution in [0.2, 0.25) is 0 Å². The molecular weight excluding hydrogens is 260 g/mol. The van der Waals surface area contributed by atoms with Gasteiger partial charge in [-0.3, -0.25) is 0 Å². The van der Waals surface area contributed by atoms with Crippen molar-refractivity contribution in [1.29, 1.82) is 5.26 Å². The second kappa shape index (κ2) is 8.21. The zero-order valence-corrected chi connectivity index (χ0v) is 14.4. The van der Waals surface area contributed by atoms with Crippen LogP contribution in [0.1, 0.15) is 43.6 Å². The van der Waals surface area contributed by atoms with Crippen LogP contribution in [0.3, 0.4) is 0 Å². The van der Waals surface area contributed by atoms with E-state index in [-0.39, 0.29) is 0 Å². The first-order valence-corrected chi connectivity index (χ1v) is 7.88. The Morgan fingerprint density at radius 1 is 1.33 bits per heavy atom. The first-order chi connectivity index (χ1) is 9.96. The number of nitriles is 1. The first-order valence-electron chi connectivity index (χ1n) is 7.88. The van der Waals surface area contributed by atoms with Gasteiger partial charge in [0.05, 0.1) is 0 Å². The van der Waals surface area contributed by atoms with Gasteiger partial charge in [0, 0.05) is 31.9 Å². The molecule has 0 aliphatic rings. The molecule has 1 aromatic heterocycles. The van der Waals surface area contributed by atoms with E-state index in [1.807, 2.05) is 17.7 Å². The maximum Gasteiger partial charge on any atom is 0.120 e. The summed E-state index contributed by atoms with van der Waals surface area (Å²) in [5.74, 6) is 0.721. The van der Waals surface area contributed by atoms with Gasteiger partial charge in [0.15, 0.2) is 0 Å². The Balaban J connectivity index is 2.65. The SMILES string of the molecule is CCC(CC)C(CNCc1cc(C#N)n(C)c1C)N(C)C. The Labute approximate surface area is 129 Å². The summed E-state index contributed by atoms with van der Waals surface area (Å²) in [6.45, 7) is 8.42. The van der Waals surface area contributed by atoms with Crippen molar-refractivity contribution in [3.05, 3.63) is 23.0 Å². The fraction of sp³-hybridized carbons (Fsp3) is 0.706. The van der Waals surface area contributed by atoms with Crippen LogP contribution >= 0.6 is 0 Å². The average molecular weight is 290 g/mol. The van der Waals surface area contributed by atoms with Gasteiger partial charge in [0.2, 0.25) is 0 Å². The number of nitrogens with zero attached hydrogens (tertiary/aromatic N) is 3. The number of likely N-dealkylation sites (N-methyl/N-ethyl adjacent to an activating group) is 1. The Bertz CT molecular complexity index is 478. The molecular formula is C17H30N4. The smallest absolute Gasteiger partial charge is 0.120 e. The monoisotopic (exact) mass is 290 g/mol. The standard InChI is InChI=1S/C17H30N4/c1-7-14(8-2)17(20(4)5)12-19-11-15-9-16(10-18)21(6)13(15)3/h9,14,17,19H,7-8,11-12H2,1-6H3. The highest BCUT2D eigenvalue weighted by atomic mass is 15.1. The molecule has 4 heteroatoms. The van der Waals surface area contributed by atoms with Crippen molar-refractivity contribution in [3.8, 4) is 6.07 Å². The Kier molecular flexibility index (Phi) is 6.94. The van der Waals surface area contributed by atoms with Crippen LogP contribution < -0.4 is 5.32 Å². The molecule has 0 aromatic carbocycles. The van der Waals surface area contributed by atoms with Crippen LogP contribution in [-0.4, -0.2) is 36.1 Å². The first kappa shape index (κ1) is 17.7. The third-order valence-electron chi connectivity index (χ3n) is 4.68. The third-order valence-corrected chi connectivity index (χ3v) is 4.68. The molecule has 1 atom stereocenters. The van der Waals surface area contributed by atoms with E-state index < -0.39 is 0 Å². The minimum Gasteiger partial charge on any atom is -0.340 e. The summed E-state index contributed by atoms with van der Waals surface area (Å²) in [6, 6.07) is 4.78. The normalized spacial score (nSPS) is 12.9. The molecule has 0 aliphatic heterocycles. The third kappa shape index (κ3) is 4.33. The summed E-state index contributed by atoms with van der Waals surface area (Å²) in [6.07, 6.45) is 2.42. The minimum atomic E-state index is 0.555. The van der Waals surface area contributed by atoms with Crippen LogP contribution in [-0.2, 0) is 13.6 Å². The predicted octanol–water partition coefficient (Wildman–Crippen LogP) is 2.66. The van der Waals surface area contributed by atoms with Crippen molar-refractivity contribution in [2.45, 2.75) is 46.2 Å². The van der Waals surface area contributed by atoms with E-state index in [2.05, 4.69) is 51.2 Å². The molecule has 118 valence electrons. The second-order valence-electron chi connectivity index (χ2n) is 6.05. The Morgan fingerprint density at radius 2 is 1.95 bits per heavy atom. The maximum absolute atomic E-state index is 9.08. The van der Waals surface area contributed by atoms with Crippen LogP contribution in [0.25, 0.3) is 0 Å². The summed E-state index contributed by atoms with van der Waals surface area (Å²) in [4.78, 5) is 2.32. The topological polar surface area (TPSA) is 44.0 Å². The number of rotatable bonds is 8. The van der Waals surface area contributed by atoms with Gasteiger partial charge < -0.3 is 14.8 Å². The zero-order valence-electron chi connectivity index (χ0n) is 14.4. The molecule has 1 unspecified atom stereocenters. The molecule has 1 aromatic rings. The van der Waals surface area contributed by atoms with Crippen LogP contribution in [0, 0.1) is 24.2 Å². The Hall–Kier alpha value is -1.31. The molecule has 0 saturated carbocycles. The van der Waals surface area contributed by atoms with Gasteiger partial charge in [0.1, 0.15) is 11.8 Å². The quantitative estimate of drug-likeness (QED) is 0.800. The summed E-state index contributed by atoms with van der Waals surface area (Å²) in [5, 5.41) is 12.7. The van der Waals surface area contributed by atoms with Gasteiger partial charge in [-0.15, -0.1) is 0 Å². The molecule has 0 bridgehead atoms. The van der Waals surface area contributed by atoms with Crippen molar-refractivity contribution in [1.82, 2.24) is 14.8 Å². The van der Waals surface area contributed by atoms with Crippen LogP contribution in [0.15, 0.2) is 6.07 Å². The molecule has 0 radical (unpaired) electrons. The molecule has 4 nitrogen and oxygen atoms in total. The van der Waals surface area contributed by atoms with E-state index in [0.717, 1.165) is 24.7 Å². The fourth-order valence-corrected chi connectivity index (χ4v) is 3.01. The van der Waals surface area contributed by atoms with Crippen LogP contribution in [0.5, 0.6) is 0 Å². The summed E-state index contributed by atoms with van der Waals surface area (Å²) in [7, 11) is 6.27. The van der Waals surface area contributed by atoms with E-state index in [1.54, 1.807) is 0 Å². The van der Waals surface area contributed by atoms with Gasteiger partial charge in [-0.05, 0) is 38.6 Å². The molecule has 0 saturated heterocycles. The van der Waals surface area contributed by atoms with Gasteiger partial charge in [-0.1, -0.05) is 26.7 Å². The summed E-state index contributed by atoms with van der Waals surface area (Å²) >= 11 is 0. The molecule has 1 heterocycles. The number of hydrogen-bond acceptors (Lipinski definition) is 3. The van der Waals surface area contributed by atoms with E-state index in [9.17, 15) is 0 Å². The highest BCUT2D eigenvalue weighted by Gasteiger charge is 2.20. The van der Waals surface area contributed by atoms with Gasteiger partial charge in [-0.2, -0.15) is 5.26 Å². The molecule has 1 N–H and O–H groups in total. The van der Waals surface area contributed by atoms with Crippen molar-refractivity contribution >= 4 is 0 Å². The lowest BCUT2D eigenvalue weighted by Crippen LogP contribution is -2.42. The summed E-state index contributed by atoms with van der Waals surface area (Å²) < 4.78 is 1.96. The lowest BCUT2D eigenvalue weighted by Gasteiger charge is -2.31. The molecule has 0 fully saturated rings. The zero-order chi connectivity index (χ0) is 16.0. The maximum atomic E-state index is 9.08. The second-order valence-corrected chi connectivity index (χ2v) is 6.05. The minimum absolute atomic E-state index is 0.555. The summed E-state index contributed by atoms with van der Waals surface area (Å²) in [5.41, 5.74) is 3.12. The van der Waals surface area contributed by atoms with E-state index in [4.69, 9.17) is 5.26 Å². The average Bonchev–Trinajstić information content (AvgIpc) is 2.74. The predicted molar refractivity (Wildman–Crippen MR) is 88.1 cm³/mol. The number of hydrogen-bond donors (Lipinski definition) is 1. The molecule has 0 amide bonds. The van der Waals surface area contributed by atoms with Crippen molar-refractivity contribution in [2.75, 3.05) is 20.6 Å². The van der Waals surface area contributed by atoms with E-state index in [0.29, 0.717) is 6.04 Å². The van der Waals surface area contributed by atoms with Crippen LogP contribution in [0.4, 0.5) is 0 Å². The lowest BCUT2D eigenvalue weighted by molar-refractivity contribution is 0.194. The van der Waals surface area contributed by atoms with Crippen molar-refractivity contribution in [2.24, 2.45) is 13.0 Å². The molecule has 21 heavy (non-hydrogen) atoms. The van der Waals surface area contributed by atoms with Crippen molar-refractivity contribution in [3.63, 3.8) is 0 Å². The highest BCUT2D eigenvalue weighted by molar-refractivity contribution is 5.34. The van der Waals surface area contributed by atoms with Gasteiger partial charge >= 0.3 is 0 Å². The fourth-order valence-electron chi connectivity index (χ4n) is 3.01.